The first kappa shape index (κ1) is 48.3. The lowest BCUT2D eigenvalue weighted by molar-refractivity contribution is 0.331. The van der Waals surface area contributed by atoms with E-state index >= 15 is 0 Å². The first-order valence-electron chi connectivity index (χ1n) is 28.7. The Labute approximate surface area is 457 Å². The van der Waals surface area contributed by atoms with Gasteiger partial charge in [0.15, 0.2) is 0 Å². The minimum Gasteiger partial charge on any atom is -0.338 e. The molecule has 76 heavy (non-hydrogen) atoms. The lowest BCUT2D eigenvalue weighted by Crippen LogP contribution is -2.61. The Bertz CT molecular complexity index is 3950. The van der Waals surface area contributed by atoms with Crippen LogP contribution in [0.4, 0.5) is 28.4 Å². The zero-order valence-corrected chi connectivity index (χ0v) is 48.3. The van der Waals surface area contributed by atoms with Crippen molar-refractivity contribution in [1.29, 1.82) is 0 Å². The summed E-state index contributed by atoms with van der Waals surface area (Å²) in [6.45, 7) is 33.1. The van der Waals surface area contributed by atoms with Crippen LogP contribution in [0.15, 0.2) is 133 Å². The Balaban J connectivity index is 1.10. The molecule has 0 saturated heterocycles. The molecule has 0 spiro atoms. The molecule has 14 rings (SSSR count). The van der Waals surface area contributed by atoms with Crippen molar-refractivity contribution in [2.24, 2.45) is 0 Å². The molecular formula is C72H75BN2S. The van der Waals surface area contributed by atoms with Gasteiger partial charge in [0.25, 0.3) is 6.71 Å². The second-order valence-corrected chi connectivity index (χ2v) is 29.2. The summed E-state index contributed by atoms with van der Waals surface area (Å²) in [7, 11) is 0. The van der Waals surface area contributed by atoms with Crippen LogP contribution < -0.4 is 25.5 Å². The SMILES string of the molecule is Cc1cc2c3c(c1)N(c1ccc4ccc5ccccc5c4c1)c1c(sc4cc5c(cc14)C(C)(C)CCC5(C)C)B3c1cc3c(cc1N2Cc1cc2c(cc1-c1ccccc1)C(C)(C)CCC2(C)C)C(C)(C)CCC3(C)C. The molecule has 0 bridgehead atoms. The number of thiophene rings is 1. The van der Waals surface area contributed by atoms with Gasteiger partial charge in [-0.05, 0) is 215 Å². The first-order valence-corrected chi connectivity index (χ1v) is 29.5. The van der Waals surface area contributed by atoms with E-state index < -0.39 is 0 Å². The van der Waals surface area contributed by atoms with E-state index in [0.29, 0.717) is 0 Å². The quantitative estimate of drug-likeness (QED) is 0.128. The molecule has 2 aliphatic heterocycles. The van der Waals surface area contributed by atoms with Crippen molar-refractivity contribution < 1.29 is 0 Å². The summed E-state index contributed by atoms with van der Waals surface area (Å²) in [6, 6.07) is 53.4. The van der Waals surface area contributed by atoms with E-state index in [1.54, 1.807) is 0 Å². The normalized spacial score (nSPS) is 19.7. The van der Waals surface area contributed by atoms with E-state index in [2.05, 4.69) is 245 Å². The summed E-state index contributed by atoms with van der Waals surface area (Å²) >= 11 is 2.08. The molecule has 0 saturated carbocycles. The third-order valence-electron chi connectivity index (χ3n) is 20.3. The molecule has 3 aliphatic carbocycles. The number of rotatable bonds is 4. The zero-order chi connectivity index (χ0) is 52.8. The molecule has 0 N–H and O–H groups in total. The lowest BCUT2D eigenvalue weighted by Gasteiger charge is -2.47. The monoisotopic (exact) mass is 1010 g/mol. The fourth-order valence-electron chi connectivity index (χ4n) is 15.2. The third-order valence-corrected chi connectivity index (χ3v) is 21.5. The van der Waals surface area contributed by atoms with Crippen LogP contribution in [-0.2, 0) is 39.0 Å². The van der Waals surface area contributed by atoms with Crippen molar-refractivity contribution in [3.05, 3.63) is 178 Å². The Morgan fingerprint density at radius 3 is 1.64 bits per heavy atom. The molecule has 0 fully saturated rings. The van der Waals surface area contributed by atoms with E-state index in [1.165, 1.54) is 170 Å². The summed E-state index contributed by atoms with van der Waals surface area (Å²) in [5.41, 5.74) is 24.5. The number of nitrogens with zero attached hydrogens (tertiary/aromatic N) is 2. The summed E-state index contributed by atoms with van der Waals surface area (Å²) in [4.78, 5) is 5.54. The van der Waals surface area contributed by atoms with Gasteiger partial charge in [-0.1, -0.05) is 168 Å². The molecule has 4 heteroatoms. The molecule has 2 nitrogen and oxygen atoms in total. The van der Waals surface area contributed by atoms with E-state index in [4.69, 9.17) is 0 Å². The highest BCUT2D eigenvalue weighted by Crippen LogP contribution is 2.55. The minimum atomic E-state index is 0.0469. The summed E-state index contributed by atoms with van der Waals surface area (Å²) in [5, 5.41) is 6.56. The number of fused-ring (bicyclic) bond motifs is 12. The van der Waals surface area contributed by atoms with Crippen LogP contribution in [0, 0.1) is 6.92 Å². The molecule has 1 aromatic heterocycles. The van der Waals surface area contributed by atoms with Gasteiger partial charge in [0, 0.05) is 44.2 Å². The van der Waals surface area contributed by atoms with Crippen LogP contribution in [-0.4, -0.2) is 6.71 Å². The van der Waals surface area contributed by atoms with Crippen LogP contribution in [0.1, 0.15) is 166 Å². The minimum absolute atomic E-state index is 0.0469. The van der Waals surface area contributed by atoms with Crippen molar-refractivity contribution in [2.45, 2.75) is 168 Å². The van der Waals surface area contributed by atoms with Gasteiger partial charge >= 0.3 is 0 Å². The first-order chi connectivity index (χ1) is 36.0. The van der Waals surface area contributed by atoms with Gasteiger partial charge in [-0.15, -0.1) is 11.3 Å². The molecule has 0 amide bonds. The number of aryl methyl sites for hydroxylation is 1. The van der Waals surface area contributed by atoms with Crippen molar-refractivity contribution >= 4 is 93.8 Å². The number of hydrogen-bond donors (Lipinski definition) is 0. The predicted octanol–water partition coefficient (Wildman–Crippen LogP) is 18.2. The van der Waals surface area contributed by atoms with Gasteiger partial charge in [0.1, 0.15) is 0 Å². The van der Waals surface area contributed by atoms with Gasteiger partial charge < -0.3 is 9.80 Å². The van der Waals surface area contributed by atoms with Gasteiger partial charge in [-0.3, -0.25) is 0 Å². The van der Waals surface area contributed by atoms with Crippen LogP contribution in [0.2, 0.25) is 0 Å². The van der Waals surface area contributed by atoms with E-state index in [1.807, 2.05) is 0 Å². The summed E-state index contributed by atoms with van der Waals surface area (Å²) in [6.07, 6.45) is 7.12. The molecule has 0 radical (unpaired) electrons. The molecule has 0 atom stereocenters. The fraction of sp³-hybridized carbons (Fsp3) is 0.361. The number of hydrogen-bond acceptors (Lipinski definition) is 3. The number of anilines is 5. The molecule has 3 heterocycles. The van der Waals surface area contributed by atoms with Crippen molar-refractivity contribution in [3.8, 4) is 11.1 Å². The second kappa shape index (κ2) is 16.0. The Morgan fingerprint density at radius 1 is 0.461 bits per heavy atom. The maximum atomic E-state index is 2.80. The van der Waals surface area contributed by atoms with Crippen LogP contribution in [0.3, 0.4) is 0 Å². The van der Waals surface area contributed by atoms with Crippen molar-refractivity contribution in [1.82, 2.24) is 0 Å². The average Bonchev–Trinajstić information content (AvgIpc) is 3.96. The Morgan fingerprint density at radius 2 is 0.987 bits per heavy atom. The Hall–Kier alpha value is -6.10. The molecular weight excluding hydrogens is 936 g/mol. The highest BCUT2D eigenvalue weighted by atomic mass is 32.1. The molecule has 382 valence electrons. The van der Waals surface area contributed by atoms with E-state index in [0.717, 1.165) is 6.54 Å². The van der Waals surface area contributed by atoms with Gasteiger partial charge in [-0.2, -0.15) is 0 Å². The maximum Gasteiger partial charge on any atom is 0.264 e. The summed E-state index contributed by atoms with van der Waals surface area (Å²) < 4.78 is 2.88. The Kier molecular flexibility index (Phi) is 10.2. The third kappa shape index (κ3) is 7.03. The highest BCUT2D eigenvalue weighted by molar-refractivity contribution is 7.33. The summed E-state index contributed by atoms with van der Waals surface area (Å²) in [5.74, 6) is 0. The standard InChI is InChI=1S/C72H75BN2S/c1-43-33-61-64-62(34-43)75(48-26-25-46-24-23-45-21-17-18-22-49(45)51(46)36-48)65-52-38-55-58(72(12,13)32-29-69(55,6)7)41-63(52)76-66(65)73(64)59-39-56-57(71(10,11)31-30-70(56,8)9)40-60(59)74(61)42-47-35-53-54(68(4,5)28-27-67(53,2)3)37-50(47)44-19-15-14-16-20-44/h14-26,33-41H,27-32,42H2,1-13H3. The maximum absolute atomic E-state index is 2.80. The number of benzene rings is 8. The van der Waals surface area contributed by atoms with Crippen molar-refractivity contribution in [3.63, 3.8) is 0 Å². The molecule has 0 unspecified atom stereocenters. The van der Waals surface area contributed by atoms with Gasteiger partial charge in [0.05, 0.1) is 5.69 Å². The van der Waals surface area contributed by atoms with E-state index in [-0.39, 0.29) is 39.2 Å². The molecule has 9 aromatic rings. The smallest absolute Gasteiger partial charge is 0.264 e. The topological polar surface area (TPSA) is 6.48 Å². The fourth-order valence-corrected chi connectivity index (χ4v) is 16.6. The molecule has 5 aliphatic rings. The molecule has 8 aromatic carbocycles. The highest BCUT2D eigenvalue weighted by Gasteiger charge is 2.49. The van der Waals surface area contributed by atoms with Crippen LogP contribution >= 0.6 is 11.3 Å². The second-order valence-electron chi connectivity index (χ2n) is 28.2. The van der Waals surface area contributed by atoms with Gasteiger partial charge in [-0.25, -0.2) is 0 Å². The van der Waals surface area contributed by atoms with Gasteiger partial charge in [0.2, 0.25) is 0 Å². The van der Waals surface area contributed by atoms with Crippen LogP contribution in [0.25, 0.3) is 42.8 Å². The zero-order valence-electron chi connectivity index (χ0n) is 47.5. The van der Waals surface area contributed by atoms with E-state index in [9.17, 15) is 0 Å². The van der Waals surface area contributed by atoms with Crippen molar-refractivity contribution in [2.75, 3.05) is 9.80 Å². The lowest BCUT2D eigenvalue weighted by atomic mass is 9.35. The average molecular weight is 1010 g/mol. The van der Waals surface area contributed by atoms with Crippen LogP contribution in [0.5, 0.6) is 0 Å². The largest absolute Gasteiger partial charge is 0.338 e. The predicted molar refractivity (Wildman–Crippen MR) is 331 cm³/mol.